The van der Waals surface area contributed by atoms with Gasteiger partial charge >= 0.3 is 5.97 Å². The van der Waals surface area contributed by atoms with Crippen LogP contribution >= 0.6 is 11.8 Å². The Morgan fingerprint density at radius 2 is 1.93 bits per heavy atom. The van der Waals surface area contributed by atoms with Gasteiger partial charge in [0.2, 0.25) is 5.95 Å². The molecule has 2 aliphatic heterocycles. The molecular formula is C29H30N6O4S. The standard InChI is InChI=1S/C29H30N6O4S/c1-17-3-4-22(27(37)38)23(12-17)24-13-18(2)11-21(32-24)16-30-15-19-6-9-35(10-7-19)28-31-8-5-20(33-28)14-25-26(36)34-29(39)40-25/h3-5,8,11-14,19,30H,6-7,9-10,15-16H2,1-2H3,(H,37,38)(H,34,36,39)/b25-14-. The van der Waals surface area contributed by atoms with E-state index in [-0.39, 0.29) is 10.8 Å². The van der Waals surface area contributed by atoms with Crippen LogP contribution in [-0.4, -0.2) is 56.8 Å². The number of rotatable bonds is 8. The zero-order valence-electron chi connectivity index (χ0n) is 22.3. The van der Waals surface area contributed by atoms with Crippen molar-refractivity contribution in [1.82, 2.24) is 25.6 Å². The predicted molar refractivity (Wildman–Crippen MR) is 154 cm³/mol. The number of carbonyl (C=O) groups is 3. The molecular weight excluding hydrogens is 528 g/mol. The summed E-state index contributed by atoms with van der Waals surface area (Å²) in [6.45, 7) is 7.01. The highest BCUT2D eigenvalue weighted by atomic mass is 32.2. The van der Waals surface area contributed by atoms with Crippen LogP contribution in [0.5, 0.6) is 0 Å². The molecule has 0 aliphatic carbocycles. The summed E-state index contributed by atoms with van der Waals surface area (Å²) in [4.78, 5) is 51.2. The lowest BCUT2D eigenvalue weighted by atomic mass is 9.97. The fourth-order valence-electron chi connectivity index (χ4n) is 4.92. The molecule has 0 unspecified atom stereocenters. The number of pyridine rings is 1. The van der Waals surface area contributed by atoms with Gasteiger partial charge in [0.25, 0.3) is 11.1 Å². The quantitative estimate of drug-likeness (QED) is 0.345. The molecule has 10 nitrogen and oxygen atoms in total. The minimum Gasteiger partial charge on any atom is -0.478 e. The van der Waals surface area contributed by atoms with Crippen LogP contribution in [0.4, 0.5) is 10.7 Å². The van der Waals surface area contributed by atoms with Crippen LogP contribution < -0.4 is 15.5 Å². The zero-order valence-corrected chi connectivity index (χ0v) is 23.1. The minimum atomic E-state index is -0.963. The highest BCUT2D eigenvalue weighted by Crippen LogP contribution is 2.27. The van der Waals surface area contributed by atoms with E-state index < -0.39 is 11.9 Å². The third kappa shape index (κ3) is 6.54. The van der Waals surface area contributed by atoms with Crippen LogP contribution in [0.25, 0.3) is 17.3 Å². The number of anilines is 1. The van der Waals surface area contributed by atoms with Crippen molar-refractivity contribution in [3.8, 4) is 11.3 Å². The van der Waals surface area contributed by atoms with Crippen LogP contribution in [0.15, 0.2) is 47.5 Å². The van der Waals surface area contributed by atoms with Gasteiger partial charge in [-0.1, -0.05) is 11.6 Å². The number of aryl methyl sites for hydroxylation is 2. The highest BCUT2D eigenvalue weighted by Gasteiger charge is 2.26. The van der Waals surface area contributed by atoms with Crippen LogP contribution in [0, 0.1) is 19.8 Å². The van der Waals surface area contributed by atoms with Crippen LogP contribution in [0.2, 0.25) is 0 Å². The molecule has 0 atom stereocenters. The molecule has 2 saturated heterocycles. The number of hydrogen-bond acceptors (Lipinski definition) is 9. The number of aromatic nitrogens is 3. The number of nitrogens with zero attached hydrogens (tertiary/aromatic N) is 4. The second-order valence-electron chi connectivity index (χ2n) is 10.1. The molecule has 0 saturated carbocycles. The zero-order chi connectivity index (χ0) is 28.2. The van der Waals surface area contributed by atoms with E-state index in [1.54, 1.807) is 30.5 Å². The lowest BCUT2D eigenvalue weighted by Crippen LogP contribution is -2.38. The summed E-state index contributed by atoms with van der Waals surface area (Å²) in [6, 6.07) is 11.0. The average molecular weight is 559 g/mol. The molecule has 2 fully saturated rings. The monoisotopic (exact) mass is 558 g/mol. The van der Waals surface area contributed by atoms with E-state index in [4.69, 9.17) is 4.98 Å². The highest BCUT2D eigenvalue weighted by molar-refractivity contribution is 8.18. The minimum absolute atomic E-state index is 0.249. The van der Waals surface area contributed by atoms with Crippen LogP contribution in [0.3, 0.4) is 0 Å². The van der Waals surface area contributed by atoms with Gasteiger partial charge in [-0.2, -0.15) is 0 Å². The topological polar surface area (TPSA) is 137 Å². The summed E-state index contributed by atoms with van der Waals surface area (Å²) < 4.78 is 0. The fraction of sp³-hybridized carbons (Fsp3) is 0.310. The Kier molecular flexibility index (Phi) is 8.22. The SMILES string of the molecule is Cc1cc(CNCC2CCN(c3nccc(/C=C4\SC(=O)NC4=O)n3)CC2)nc(-c2cc(C)ccc2C(=O)O)c1. The first-order valence-corrected chi connectivity index (χ1v) is 13.9. The van der Waals surface area contributed by atoms with Crippen LogP contribution in [0.1, 0.15) is 45.7 Å². The number of hydrogen-bond donors (Lipinski definition) is 3. The third-order valence-corrected chi connectivity index (χ3v) is 7.74. The number of aromatic carboxylic acids is 1. The third-order valence-electron chi connectivity index (χ3n) is 6.93. The van der Waals surface area contributed by atoms with Crippen molar-refractivity contribution < 1.29 is 19.5 Å². The number of carboxylic acids is 1. The Morgan fingerprint density at radius 1 is 1.12 bits per heavy atom. The number of benzene rings is 1. The Hall–Kier alpha value is -4.09. The lowest BCUT2D eigenvalue weighted by Gasteiger charge is -2.32. The lowest BCUT2D eigenvalue weighted by molar-refractivity contribution is -0.115. The molecule has 0 bridgehead atoms. The van der Waals surface area contributed by atoms with Gasteiger partial charge in [0.15, 0.2) is 0 Å². The molecule has 206 valence electrons. The van der Waals surface area contributed by atoms with Crippen molar-refractivity contribution in [2.45, 2.75) is 33.2 Å². The van der Waals surface area contributed by atoms with Gasteiger partial charge in [-0.3, -0.25) is 19.9 Å². The van der Waals surface area contributed by atoms with Gasteiger partial charge in [-0.25, -0.2) is 14.8 Å². The average Bonchev–Trinajstić information content (AvgIpc) is 3.24. The number of thioether (sulfide) groups is 1. The van der Waals surface area contributed by atoms with Gasteiger partial charge in [0.05, 0.1) is 27.6 Å². The van der Waals surface area contributed by atoms with Gasteiger partial charge in [0.1, 0.15) is 0 Å². The molecule has 40 heavy (non-hydrogen) atoms. The first-order valence-electron chi connectivity index (χ1n) is 13.1. The predicted octanol–water partition coefficient (Wildman–Crippen LogP) is 4.18. The second kappa shape index (κ2) is 12.0. The summed E-state index contributed by atoms with van der Waals surface area (Å²) in [6.07, 6.45) is 5.23. The molecule has 0 radical (unpaired) electrons. The summed E-state index contributed by atoms with van der Waals surface area (Å²) in [5.74, 6) is -0.259. The Morgan fingerprint density at radius 3 is 2.65 bits per heavy atom. The van der Waals surface area contributed by atoms with Crippen molar-refractivity contribution >= 4 is 40.9 Å². The van der Waals surface area contributed by atoms with E-state index in [0.717, 1.165) is 61.1 Å². The van der Waals surface area contributed by atoms with Crippen molar-refractivity contribution in [3.63, 3.8) is 0 Å². The largest absolute Gasteiger partial charge is 0.478 e. The first-order chi connectivity index (χ1) is 19.2. The normalized spacial score (nSPS) is 16.9. The number of carboxylic acid groups (broad SMARTS) is 1. The van der Waals surface area contributed by atoms with E-state index in [0.29, 0.717) is 40.3 Å². The second-order valence-corrected chi connectivity index (χ2v) is 11.1. The maximum Gasteiger partial charge on any atom is 0.336 e. The number of imide groups is 1. The molecule has 0 spiro atoms. The molecule has 2 aliphatic rings. The Bertz CT molecular complexity index is 1500. The van der Waals surface area contributed by atoms with E-state index in [2.05, 4.69) is 25.5 Å². The number of nitrogens with one attached hydrogen (secondary N) is 2. The van der Waals surface area contributed by atoms with E-state index in [9.17, 15) is 19.5 Å². The van der Waals surface area contributed by atoms with Crippen LogP contribution in [-0.2, 0) is 11.3 Å². The van der Waals surface area contributed by atoms with E-state index >= 15 is 0 Å². The van der Waals surface area contributed by atoms with Crippen molar-refractivity contribution in [1.29, 1.82) is 0 Å². The summed E-state index contributed by atoms with van der Waals surface area (Å²) in [5, 5.41) is 15.0. The Labute approximate surface area is 236 Å². The summed E-state index contributed by atoms with van der Waals surface area (Å²) >= 11 is 0.871. The first kappa shape index (κ1) is 27.5. The van der Waals surface area contributed by atoms with Crippen molar-refractivity contribution in [2.75, 3.05) is 24.5 Å². The molecule has 3 aromatic rings. The summed E-state index contributed by atoms with van der Waals surface area (Å²) in [5.41, 5.74) is 5.03. The van der Waals surface area contributed by atoms with Gasteiger partial charge in [-0.05, 0) is 92.9 Å². The molecule has 3 N–H and O–H groups in total. The molecule has 2 aromatic heterocycles. The summed E-state index contributed by atoms with van der Waals surface area (Å²) in [7, 11) is 0. The van der Waals surface area contributed by atoms with Crippen molar-refractivity contribution in [3.05, 3.63) is 75.6 Å². The maximum atomic E-state index is 11.8. The molecule has 5 rings (SSSR count). The molecule has 4 heterocycles. The Balaban J connectivity index is 1.16. The fourth-order valence-corrected chi connectivity index (χ4v) is 5.58. The molecule has 1 aromatic carbocycles. The number of piperidine rings is 1. The smallest absolute Gasteiger partial charge is 0.336 e. The maximum absolute atomic E-state index is 11.8. The number of amides is 2. The van der Waals surface area contributed by atoms with Gasteiger partial charge in [-0.15, -0.1) is 0 Å². The van der Waals surface area contributed by atoms with E-state index in [1.807, 2.05) is 32.0 Å². The van der Waals surface area contributed by atoms with E-state index in [1.165, 1.54) is 0 Å². The van der Waals surface area contributed by atoms with Gasteiger partial charge < -0.3 is 15.3 Å². The van der Waals surface area contributed by atoms with Crippen molar-refractivity contribution in [2.24, 2.45) is 5.92 Å². The van der Waals surface area contributed by atoms with Gasteiger partial charge in [0, 0.05) is 31.4 Å². The molecule has 2 amide bonds. The number of carbonyl (C=O) groups excluding carboxylic acids is 2. The molecule has 11 heteroatoms.